The monoisotopic (exact) mass is 275 g/mol. The molecule has 0 bridgehead atoms. The van der Waals surface area contributed by atoms with E-state index >= 15 is 0 Å². The van der Waals surface area contributed by atoms with Gasteiger partial charge in [0.2, 0.25) is 10.0 Å². The highest BCUT2D eigenvalue weighted by Gasteiger charge is 2.34. The third kappa shape index (κ3) is 2.71. The second kappa shape index (κ2) is 4.81. The minimum absolute atomic E-state index is 0.144. The molecule has 2 unspecified atom stereocenters. The SMILES string of the molecule is CC1NNCC1S(=O)(=O)Nc1ccccc1Cl. The van der Waals surface area contributed by atoms with Gasteiger partial charge in [0, 0.05) is 12.6 Å². The van der Waals surface area contributed by atoms with Crippen LogP contribution in [-0.2, 0) is 10.0 Å². The average Bonchev–Trinajstić information content (AvgIpc) is 2.68. The normalized spacial score (nSPS) is 24.8. The van der Waals surface area contributed by atoms with Gasteiger partial charge in [0.15, 0.2) is 0 Å². The second-order valence-electron chi connectivity index (χ2n) is 3.98. The standard InChI is InChI=1S/C10H14ClN3O2S/c1-7-10(6-12-13-7)17(15,16)14-9-5-3-2-4-8(9)11/h2-5,7,10,12-14H,6H2,1H3. The molecule has 0 spiro atoms. The first-order valence-electron chi connectivity index (χ1n) is 5.25. The van der Waals surface area contributed by atoms with Gasteiger partial charge in [-0.1, -0.05) is 23.7 Å². The maximum Gasteiger partial charge on any atom is 0.238 e. The van der Waals surface area contributed by atoms with Crippen LogP contribution in [-0.4, -0.2) is 26.3 Å². The van der Waals surface area contributed by atoms with E-state index in [2.05, 4.69) is 15.6 Å². The van der Waals surface area contributed by atoms with Crippen molar-refractivity contribution in [3.63, 3.8) is 0 Å². The lowest BCUT2D eigenvalue weighted by molar-refractivity contribution is 0.565. The molecule has 1 saturated heterocycles. The smallest absolute Gasteiger partial charge is 0.238 e. The van der Waals surface area contributed by atoms with E-state index in [0.717, 1.165) is 0 Å². The Morgan fingerprint density at radius 2 is 2.12 bits per heavy atom. The van der Waals surface area contributed by atoms with Crippen molar-refractivity contribution in [3.8, 4) is 0 Å². The summed E-state index contributed by atoms with van der Waals surface area (Å²) in [5, 5.41) is -0.124. The molecule has 94 valence electrons. The summed E-state index contributed by atoms with van der Waals surface area (Å²) < 4.78 is 26.7. The Kier molecular flexibility index (Phi) is 3.58. The van der Waals surface area contributed by atoms with Crippen LogP contribution in [0.3, 0.4) is 0 Å². The highest BCUT2D eigenvalue weighted by Crippen LogP contribution is 2.23. The first kappa shape index (κ1) is 12.6. The molecule has 1 heterocycles. The Morgan fingerprint density at radius 1 is 1.41 bits per heavy atom. The number of hydrazine groups is 1. The second-order valence-corrected chi connectivity index (χ2v) is 6.29. The van der Waals surface area contributed by atoms with Gasteiger partial charge in [-0.2, -0.15) is 0 Å². The molecule has 1 aromatic carbocycles. The lowest BCUT2D eigenvalue weighted by Crippen LogP contribution is -2.38. The number of sulfonamides is 1. The van der Waals surface area contributed by atoms with Crippen LogP contribution in [0.5, 0.6) is 0 Å². The van der Waals surface area contributed by atoms with E-state index in [1.165, 1.54) is 0 Å². The number of anilines is 1. The first-order valence-corrected chi connectivity index (χ1v) is 7.17. The van der Waals surface area contributed by atoms with Crippen LogP contribution in [0.15, 0.2) is 24.3 Å². The van der Waals surface area contributed by atoms with E-state index in [4.69, 9.17) is 11.6 Å². The Morgan fingerprint density at radius 3 is 2.71 bits per heavy atom. The summed E-state index contributed by atoms with van der Waals surface area (Å²) in [6.07, 6.45) is 0. The third-order valence-corrected chi connectivity index (χ3v) is 4.92. The molecule has 0 aliphatic carbocycles. The first-order chi connectivity index (χ1) is 8.00. The van der Waals surface area contributed by atoms with Crippen LogP contribution < -0.4 is 15.6 Å². The maximum absolute atomic E-state index is 12.1. The van der Waals surface area contributed by atoms with Crippen LogP contribution in [0.25, 0.3) is 0 Å². The number of nitrogens with one attached hydrogen (secondary N) is 3. The van der Waals surface area contributed by atoms with Crippen molar-refractivity contribution in [3.05, 3.63) is 29.3 Å². The zero-order valence-electron chi connectivity index (χ0n) is 9.27. The lowest BCUT2D eigenvalue weighted by Gasteiger charge is -2.16. The molecule has 1 aromatic rings. The zero-order chi connectivity index (χ0) is 12.5. The van der Waals surface area contributed by atoms with Gasteiger partial charge in [0.05, 0.1) is 10.7 Å². The maximum atomic E-state index is 12.1. The lowest BCUT2D eigenvalue weighted by atomic mass is 10.3. The van der Waals surface area contributed by atoms with Crippen molar-refractivity contribution < 1.29 is 8.42 Å². The van der Waals surface area contributed by atoms with E-state index in [9.17, 15) is 8.42 Å². The fraction of sp³-hybridized carbons (Fsp3) is 0.400. The number of hydrogen-bond acceptors (Lipinski definition) is 4. The largest absolute Gasteiger partial charge is 0.282 e. The van der Waals surface area contributed by atoms with Gasteiger partial charge in [-0.25, -0.2) is 8.42 Å². The molecule has 1 fully saturated rings. The number of rotatable bonds is 3. The predicted molar refractivity (Wildman–Crippen MR) is 68.4 cm³/mol. The summed E-state index contributed by atoms with van der Waals surface area (Å²) in [4.78, 5) is 0. The number of para-hydroxylation sites is 1. The molecule has 0 saturated carbocycles. The van der Waals surface area contributed by atoms with Gasteiger partial charge < -0.3 is 0 Å². The van der Waals surface area contributed by atoms with Gasteiger partial charge in [-0.15, -0.1) is 0 Å². The number of benzene rings is 1. The third-order valence-electron chi connectivity index (χ3n) is 2.72. The molecule has 2 rings (SSSR count). The van der Waals surface area contributed by atoms with Crippen molar-refractivity contribution >= 4 is 27.3 Å². The van der Waals surface area contributed by atoms with Gasteiger partial charge in [-0.3, -0.25) is 15.6 Å². The Bertz CT molecular complexity index is 506. The van der Waals surface area contributed by atoms with Crippen molar-refractivity contribution in [1.29, 1.82) is 0 Å². The molecular formula is C10H14ClN3O2S. The summed E-state index contributed by atoms with van der Waals surface area (Å²) in [5.41, 5.74) is 6.11. The molecular weight excluding hydrogens is 262 g/mol. The average molecular weight is 276 g/mol. The Balaban J connectivity index is 2.21. The summed E-state index contributed by atoms with van der Waals surface area (Å²) in [6, 6.07) is 6.63. The Hall–Kier alpha value is -0.820. The summed E-state index contributed by atoms with van der Waals surface area (Å²) in [7, 11) is -3.44. The molecule has 1 aliphatic rings. The highest BCUT2D eigenvalue weighted by atomic mass is 35.5. The van der Waals surface area contributed by atoms with Crippen molar-refractivity contribution in [1.82, 2.24) is 10.9 Å². The topological polar surface area (TPSA) is 70.2 Å². The molecule has 17 heavy (non-hydrogen) atoms. The molecule has 1 aliphatic heterocycles. The van der Waals surface area contributed by atoms with Crippen molar-refractivity contribution in [2.75, 3.05) is 11.3 Å². The molecule has 7 heteroatoms. The van der Waals surface area contributed by atoms with E-state index in [-0.39, 0.29) is 6.04 Å². The van der Waals surface area contributed by atoms with E-state index in [1.807, 2.05) is 6.92 Å². The molecule has 0 aromatic heterocycles. The summed E-state index contributed by atoms with van der Waals surface area (Å²) in [6.45, 7) is 2.19. The fourth-order valence-electron chi connectivity index (χ4n) is 1.74. The van der Waals surface area contributed by atoms with Gasteiger partial charge in [-0.05, 0) is 19.1 Å². The Labute approximate surface area is 106 Å². The highest BCUT2D eigenvalue weighted by molar-refractivity contribution is 7.93. The molecule has 5 nitrogen and oxygen atoms in total. The van der Waals surface area contributed by atoms with Gasteiger partial charge in [0.1, 0.15) is 5.25 Å². The summed E-state index contributed by atoms with van der Waals surface area (Å²) >= 11 is 5.92. The zero-order valence-corrected chi connectivity index (χ0v) is 10.8. The van der Waals surface area contributed by atoms with Crippen LogP contribution in [0.4, 0.5) is 5.69 Å². The molecule has 3 N–H and O–H groups in total. The fourth-order valence-corrected chi connectivity index (χ4v) is 3.52. The van der Waals surface area contributed by atoms with Crippen molar-refractivity contribution in [2.45, 2.75) is 18.2 Å². The van der Waals surface area contributed by atoms with Gasteiger partial charge >= 0.3 is 0 Å². The predicted octanol–water partition coefficient (Wildman–Crippen LogP) is 0.947. The van der Waals surface area contributed by atoms with Crippen LogP contribution in [0.2, 0.25) is 5.02 Å². The molecule has 0 amide bonds. The van der Waals surface area contributed by atoms with E-state index < -0.39 is 15.3 Å². The van der Waals surface area contributed by atoms with E-state index in [1.54, 1.807) is 24.3 Å². The molecule has 0 radical (unpaired) electrons. The van der Waals surface area contributed by atoms with Crippen LogP contribution in [0, 0.1) is 0 Å². The summed E-state index contributed by atoms with van der Waals surface area (Å²) in [5.74, 6) is 0. The van der Waals surface area contributed by atoms with Crippen molar-refractivity contribution in [2.24, 2.45) is 0 Å². The van der Waals surface area contributed by atoms with E-state index in [0.29, 0.717) is 17.3 Å². The van der Waals surface area contributed by atoms with Crippen LogP contribution in [0.1, 0.15) is 6.92 Å². The van der Waals surface area contributed by atoms with Crippen LogP contribution >= 0.6 is 11.6 Å². The minimum atomic E-state index is -3.44. The molecule has 2 atom stereocenters. The number of hydrogen-bond donors (Lipinski definition) is 3. The number of halogens is 1. The minimum Gasteiger partial charge on any atom is -0.282 e. The van der Waals surface area contributed by atoms with Gasteiger partial charge in [0.25, 0.3) is 0 Å². The quantitative estimate of drug-likeness (QED) is 0.768.